The molecular formula is C33H48N2O12. The molecule has 0 spiro atoms. The molecule has 2 rings (SSSR count). The molecule has 1 aromatic carbocycles. The van der Waals surface area contributed by atoms with Crippen LogP contribution in [0.2, 0.25) is 0 Å². The van der Waals surface area contributed by atoms with E-state index in [2.05, 4.69) is 0 Å². The van der Waals surface area contributed by atoms with Gasteiger partial charge in [-0.2, -0.15) is 0 Å². The fourth-order valence-corrected chi connectivity index (χ4v) is 4.49. The van der Waals surface area contributed by atoms with E-state index in [0.29, 0.717) is 37.5 Å². The largest absolute Gasteiger partial charge is 0.464 e. The molecule has 0 aromatic heterocycles. The van der Waals surface area contributed by atoms with Gasteiger partial charge in [-0.3, -0.25) is 24.0 Å². The third kappa shape index (κ3) is 15.3. The Hall–Kier alpha value is -4.20. The summed E-state index contributed by atoms with van der Waals surface area (Å²) >= 11 is 0. The highest BCUT2D eigenvalue weighted by Crippen LogP contribution is 2.39. The van der Waals surface area contributed by atoms with E-state index in [1.54, 1.807) is 31.7 Å². The standard InChI is InChI=1S/C33H48N2O12/c1-6-28(37)34(15-19-42-5)16-20-44-31(40)13-14-32(41)45-22-18-35(17-21-43-30(39)12-7-24(2)36)29(38)11-9-25-8-10-26-27(23-25)47-33(3,4)46-26/h8,10,23H,6-7,9,11-22H2,1-5H3. The van der Waals surface area contributed by atoms with E-state index in [9.17, 15) is 28.8 Å². The number of rotatable bonds is 22. The quantitative estimate of drug-likeness (QED) is 0.132. The topological polar surface area (TPSA) is 164 Å². The first-order valence-electron chi connectivity index (χ1n) is 15.8. The molecule has 1 heterocycles. The maximum atomic E-state index is 13.2. The maximum absolute atomic E-state index is 13.2. The Morgan fingerprint density at radius 1 is 0.681 bits per heavy atom. The average Bonchev–Trinajstić information content (AvgIpc) is 3.34. The molecule has 0 N–H and O–H groups in total. The minimum atomic E-state index is -0.769. The summed E-state index contributed by atoms with van der Waals surface area (Å²) < 4.78 is 32.1. The monoisotopic (exact) mass is 664 g/mol. The van der Waals surface area contributed by atoms with Crippen LogP contribution in [0.3, 0.4) is 0 Å². The van der Waals surface area contributed by atoms with Crippen LogP contribution in [0, 0.1) is 0 Å². The summed E-state index contributed by atoms with van der Waals surface area (Å²) in [7, 11) is 1.53. The molecule has 14 heteroatoms. The Labute approximate surface area is 275 Å². The van der Waals surface area contributed by atoms with Gasteiger partial charge in [0.05, 0.1) is 45.5 Å². The molecule has 0 aliphatic carbocycles. The number of hydrogen-bond donors (Lipinski definition) is 0. The number of ether oxygens (including phenoxy) is 6. The lowest BCUT2D eigenvalue weighted by molar-refractivity contribution is -0.152. The molecular weight excluding hydrogens is 616 g/mol. The number of aryl methyl sites for hydroxylation is 1. The SMILES string of the molecule is CCC(=O)N(CCOC)CCOC(=O)CCC(=O)OCCN(CCOC(=O)CCC(C)=O)C(=O)CCc1ccc2c(c1)OC(C)(C)O2. The Morgan fingerprint density at radius 3 is 1.68 bits per heavy atom. The molecule has 0 saturated heterocycles. The lowest BCUT2D eigenvalue weighted by Crippen LogP contribution is -2.37. The molecule has 14 nitrogen and oxygen atoms in total. The number of benzene rings is 1. The third-order valence-corrected chi connectivity index (χ3v) is 7.01. The number of ketones is 1. The van der Waals surface area contributed by atoms with E-state index in [1.807, 2.05) is 12.1 Å². The Bertz CT molecular complexity index is 1230. The summed E-state index contributed by atoms with van der Waals surface area (Å²) in [5, 5.41) is 0. The summed E-state index contributed by atoms with van der Waals surface area (Å²) in [6.45, 7) is 7.56. The van der Waals surface area contributed by atoms with Crippen LogP contribution >= 0.6 is 0 Å². The van der Waals surface area contributed by atoms with Gasteiger partial charge in [0.1, 0.15) is 25.6 Å². The molecule has 0 unspecified atom stereocenters. The van der Waals surface area contributed by atoms with Crippen molar-refractivity contribution in [3.63, 3.8) is 0 Å². The second-order valence-corrected chi connectivity index (χ2v) is 11.4. The smallest absolute Gasteiger partial charge is 0.306 e. The zero-order valence-electron chi connectivity index (χ0n) is 28.1. The summed E-state index contributed by atoms with van der Waals surface area (Å²) in [5.74, 6) is -1.80. The zero-order chi connectivity index (χ0) is 34.8. The number of carbonyl (C=O) groups is 6. The minimum Gasteiger partial charge on any atom is -0.464 e. The average molecular weight is 665 g/mol. The molecule has 0 atom stereocenters. The Kier molecular flexibility index (Phi) is 16.7. The summed E-state index contributed by atoms with van der Waals surface area (Å²) in [5.41, 5.74) is 0.868. The van der Waals surface area contributed by atoms with E-state index >= 15 is 0 Å². The van der Waals surface area contributed by atoms with Crippen molar-refractivity contribution in [2.75, 3.05) is 59.7 Å². The van der Waals surface area contributed by atoms with Gasteiger partial charge in [-0.15, -0.1) is 0 Å². The normalized spacial score (nSPS) is 12.6. The van der Waals surface area contributed by atoms with Gasteiger partial charge in [-0.05, 0) is 31.0 Å². The molecule has 2 amide bonds. The van der Waals surface area contributed by atoms with Crippen molar-refractivity contribution >= 4 is 35.5 Å². The van der Waals surface area contributed by atoms with Crippen molar-refractivity contribution in [2.45, 2.75) is 78.4 Å². The second kappa shape index (κ2) is 20.1. The molecule has 0 saturated carbocycles. The maximum Gasteiger partial charge on any atom is 0.306 e. The number of amides is 2. The molecule has 1 aliphatic rings. The highest BCUT2D eigenvalue weighted by molar-refractivity contribution is 5.81. The van der Waals surface area contributed by atoms with Gasteiger partial charge < -0.3 is 43.0 Å². The fraction of sp³-hybridized carbons (Fsp3) is 0.636. The number of methoxy groups -OCH3 is 1. The van der Waals surface area contributed by atoms with E-state index in [4.69, 9.17) is 28.4 Å². The van der Waals surface area contributed by atoms with Gasteiger partial charge in [0.2, 0.25) is 17.6 Å². The van der Waals surface area contributed by atoms with Crippen LogP contribution in [0.25, 0.3) is 0 Å². The van der Waals surface area contributed by atoms with Crippen LogP contribution in [0.4, 0.5) is 0 Å². The molecule has 1 aliphatic heterocycles. The number of Topliss-reactive ketones (excluding diaryl/α,β-unsaturated/α-hetero) is 1. The van der Waals surface area contributed by atoms with E-state index in [0.717, 1.165) is 5.56 Å². The minimum absolute atomic E-state index is 0.00994. The van der Waals surface area contributed by atoms with Crippen LogP contribution in [-0.4, -0.2) is 111 Å². The van der Waals surface area contributed by atoms with Crippen molar-refractivity contribution in [1.29, 1.82) is 0 Å². The lowest BCUT2D eigenvalue weighted by atomic mass is 10.1. The van der Waals surface area contributed by atoms with E-state index in [1.165, 1.54) is 18.9 Å². The first-order valence-corrected chi connectivity index (χ1v) is 15.8. The molecule has 0 radical (unpaired) electrons. The number of nitrogens with zero attached hydrogens (tertiary/aromatic N) is 2. The predicted octanol–water partition coefficient (Wildman–Crippen LogP) is 2.62. The molecule has 47 heavy (non-hydrogen) atoms. The molecule has 262 valence electrons. The Morgan fingerprint density at radius 2 is 1.17 bits per heavy atom. The van der Waals surface area contributed by atoms with E-state index in [-0.39, 0.29) is 89.2 Å². The number of esters is 3. The summed E-state index contributed by atoms with van der Waals surface area (Å²) in [6.07, 6.45) is 0.456. The van der Waals surface area contributed by atoms with Crippen molar-refractivity contribution in [3.8, 4) is 11.5 Å². The van der Waals surface area contributed by atoms with Crippen LogP contribution in [0.5, 0.6) is 11.5 Å². The second-order valence-electron chi connectivity index (χ2n) is 11.4. The van der Waals surface area contributed by atoms with Crippen LogP contribution in [0.1, 0.15) is 71.8 Å². The van der Waals surface area contributed by atoms with Gasteiger partial charge in [-0.25, -0.2) is 0 Å². The molecule has 0 bridgehead atoms. The Balaban J connectivity index is 1.82. The van der Waals surface area contributed by atoms with Gasteiger partial charge in [0, 0.05) is 46.8 Å². The van der Waals surface area contributed by atoms with Crippen molar-refractivity contribution in [2.24, 2.45) is 0 Å². The summed E-state index contributed by atoms with van der Waals surface area (Å²) in [4.78, 5) is 75.6. The molecule has 0 fully saturated rings. The van der Waals surface area contributed by atoms with Gasteiger partial charge >= 0.3 is 17.9 Å². The first-order chi connectivity index (χ1) is 22.3. The van der Waals surface area contributed by atoms with Gasteiger partial charge in [-0.1, -0.05) is 13.0 Å². The zero-order valence-corrected chi connectivity index (χ0v) is 28.1. The number of fused-ring (bicyclic) bond motifs is 1. The first kappa shape index (κ1) is 39.0. The van der Waals surface area contributed by atoms with Crippen LogP contribution in [-0.2, 0) is 54.1 Å². The van der Waals surface area contributed by atoms with Crippen molar-refractivity contribution in [3.05, 3.63) is 23.8 Å². The third-order valence-electron chi connectivity index (χ3n) is 7.01. The number of carbonyl (C=O) groups excluding carboxylic acids is 6. The van der Waals surface area contributed by atoms with Gasteiger partial charge in [0.25, 0.3) is 0 Å². The summed E-state index contributed by atoms with van der Waals surface area (Å²) in [6, 6.07) is 5.48. The molecule has 1 aromatic rings. The van der Waals surface area contributed by atoms with Crippen LogP contribution < -0.4 is 9.47 Å². The van der Waals surface area contributed by atoms with Crippen molar-refractivity contribution in [1.82, 2.24) is 9.80 Å². The van der Waals surface area contributed by atoms with E-state index < -0.39 is 23.7 Å². The number of hydrogen-bond acceptors (Lipinski definition) is 12. The predicted molar refractivity (Wildman–Crippen MR) is 167 cm³/mol. The highest BCUT2D eigenvalue weighted by Gasteiger charge is 2.31. The van der Waals surface area contributed by atoms with Crippen molar-refractivity contribution < 1.29 is 57.2 Å². The van der Waals surface area contributed by atoms with Gasteiger partial charge in [0.15, 0.2) is 11.5 Å². The lowest BCUT2D eigenvalue weighted by Gasteiger charge is -2.22. The highest BCUT2D eigenvalue weighted by atomic mass is 16.7. The van der Waals surface area contributed by atoms with Crippen LogP contribution in [0.15, 0.2) is 18.2 Å². The fourth-order valence-electron chi connectivity index (χ4n) is 4.49.